The van der Waals surface area contributed by atoms with E-state index in [0.717, 1.165) is 61.4 Å². The summed E-state index contributed by atoms with van der Waals surface area (Å²) in [5, 5.41) is 4.81. The van der Waals surface area contributed by atoms with E-state index >= 15 is 0 Å². The van der Waals surface area contributed by atoms with Crippen LogP contribution in [-0.2, 0) is 0 Å². The van der Waals surface area contributed by atoms with Gasteiger partial charge in [0.1, 0.15) is 0 Å². The highest BCUT2D eigenvalue weighted by Gasteiger charge is 2.20. The second-order valence-corrected chi connectivity index (χ2v) is 14.7. The lowest BCUT2D eigenvalue weighted by molar-refractivity contribution is 1.15. The highest BCUT2D eigenvalue weighted by atomic mass is 15.0. The van der Waals surface area contributed by atoms with Crippen LogP contribution >= 0.6 is 0 Å². The van der Waals surface area contributed by atoms with Crippen molar-refractivity contribution in [3.8, 4) is 56.4 Å². The Labute approximate surface area is 330 Å². The quantitative estimate of drug-likeness (QED) is 0.171. The maximum absolute atomic E-state index is 5.36. The van der Waals surface area contributed by atoms with Crippen LogP contribution in [0.3, 0.4) is 0 Å². The van der Waals surface area contributed by atoms with Crippen molar-refractivity contribution in [1.82, 2.24) is 19.1 Å². The van der Waals surface area contributed by atoms with Crippen LogP contribution in [0.15, 0.2) is 200 Å². The van der Waals surface area contributed by atoms with E-state index in [1.807, 2.05) is 6.07 Å². The average molecular weight is 729 g/mol. The lowest BCUT2D eigenvalue weighted by Crippen LogP contribution is -2.00. The van der Waals surface area contributed by atoms with Crippen molar-refractivity contribution in [2.75, 3.05) is 0 Å². The number of para-hydroxylation sites is 3. The zero-order valence-corrected chi connectivity index (χ0v) is 31.3. The van der Waals surface area contributed by atoms with Gasteiger partial charge in [0.15, 0.2) is 5.82 Å². The van der Waals surface area contributed by atoms with Crippen LogP contribution in [0.5, 0.6) is 0 Å². The SMILES string of the molecule is Cc1c(-c2ccccc2)nc(-c2ccc3c(c2)c2cc(-n4c5ccccc5c5ccccc54)ccc2n3-c2ccccc2)nc1-c1ccc(-c2ccccc2)cc1. The molecule has 3 aromatic heterocycles. The molecule has 0 aliphatic rings. The van der Waals surface area contributed by atoms with E-state index in [1.54, 1.807) is 0 Å². The minimum atomic E-state index is 0.697. The van der Waals surface area contributed by atoms with Crippen molar-refractivity contribution in [1.29, 1.82) is 0 Å². The van der Waals surface area contributed by atoms with Gasteiger partial charge in [-0.25, -0.2) is 9.97 Å². The van der Waals surface area contributed by atoms with Crippen LogP contribution in [0.4, 0.5) is 0 Å². The Hall–Kier alpha value is -7.56. The minimum absolute atomic E-state index is 0.697. The van der Waals surface area contributed by atoms with E-state index in [4.69, 9.17) is 9.97 Å². The highest BCUT2D eigenvalue weighted by Crippen LogP contribution is 2.39. The zero-order chi connectivity index (χ0) is 37.9. The number of hydrogen-bond acceptors (Lipinski definition) is 2. The van der Waals surface area contributed by atoms with Gasteiger partial charge in [-0.15, -0.1) is 0 Å². The number of nitrogens with zero attached hydrogens (tertiary/aromatic N) is 4. The number of fused-ring (bicyclic) bond motifs is 6. The average Bonchev–Trinajstić information content (AvgIpc) is 3.79. The molecule has 268 valence electrons. The first kappa shape index (κ1) is 32.8. The predicted molar refractivity (Wildman–Crippen MR) is 237 cm³/mol. The van der Waals surface area contributed by atoms with Crippen LogP contribution in [-0.4, -0.2) is 19.1 Å². The summed E-state index contributed by atoms with van der Waals surface area (Å²) in [6, 6.07) is 71.3. The van der Waals surface area contributed by atoms with Crippen molar-refractivity contribution in [3.05, 3.63) is 206 Å². The molecule has 0 aliphatic heterocycles. The summed E-state index contributed by atoms with van der Waals surface area (Å²) in [7, 11) is 0. The number of hydrogen-bond donors (Lipinski definition) is 0. The van der Waals surface area contributed by atoms with E-state index in [2.05, 4.69) is 210 Å². The van der Waals surface area contributed by atoms with Crippen molar-refractivity contribution >= 4 is 43.6 Å². The van der Waals surface area contributed by atoms with Crippen LogP contribution in [0.25, 0.3) is 100 Å². The molecule has 11 aromatic rings. The third-order valence-electron chi connectivity index (χ3n) is 11.3. The summed E-state index contributed by atoms with van der Waals surface area (Å²) in [5.41, 5.74) is 15.3. The summed E-state index contributed by atoms with van der Waals surface area (Å²) in [6.45, 7) is 2.14. The molecule has 4 nitrogen and oxygen atoms in total. The Morgan fingerprint density at radius 1 is 0.316 bits per heavy atom. The molecule has 0 N–H and O–H groups in total. The molecule has 3 heterocycles. The van der Waals surface area contributed by atoms with Gasteiger partial charge in [-0.3, -0.25) is 0 Å². The largest absolute Gasteiger partial charge is 0.309 e. The fourth-order valence-electron chi connectivity index (χ4n) is 8.60. The van der Waals surface area contributed by atoms with Gasteiger partial charge in [0.2, 0.25) is 0 Å². The fraction of sp³-hybridized carbons (Fsp3) is 0.0189. The topological polar surface area (TPSA) is 35.6 Å². The maximum Gasteiger partial charge on any atom is 0.160 e. The minimum Gasteiger partial charge on any atom is -0.309 e. The first-order valence-electron chi connectivity index (χ1n) is 19.4. The second-order valence-electron chi connectivity index (χ2n) is 14.7. The Bertz CT molecular complexity index is 3220. The third-order valence-corrected chi connectivity index (χ3v) is 11.3. The van der Waals surface area contributed by atoms with Crippen molar-refractivity contribution in [3.63, 3.8) is 0 Å². The van der Waals surface area contributed by atoms with Crippen LogP contribution in [0.1, 0.15) is 5.56 Å². The highest BCUT2D eigenvalue weighted by molar-refractivity contribution is 6.13. The second kappa shape index (κ2) is 13.3. The van der Waals surface area contributed by atoms with Gasteiger partial charge in [0.25, 0.3) is 0 Å². The summed E-state index contributed by atoms with van der Waals surface area (Å²) in [5.74, 6) is 0.697. The van der Waals surface area contributed by atoms with Gasteiger partial charge >= 0.3 is 0 Å². The third kappa shape index (κ3) is 5.45. The lowest BCUT2D eigenvalue weighted by atomic mass is 9.98. The maximum atomic E-state index is 5.36. The van der Waals surface area contributed by atoms with Crippen LogP contribution in [0, 0.1) is 6.92 Å². The van der Waals surface area contributed by atoms with E-state index in [0.29, 0.717) is 5.82 Å². The van der Waals surface area contributed by atoms with Crippen LogP contribution in [0.2, 0.25) is 0 Å². The molecule has 0 fully saturated rings. The monoisotopic (exact) mass is 728 g/mol. The van der Waals surface area contributed by atoms with E-state index < -0.39 is 0 Å². The molecule has 0 spiro atoms. The molecule has 0 bridgehead atoms. The molecule has 0 radical (unpaired) electrons. The standard InChI is InChI=1S/C53H36N4/c1-35-51(38-17-7-3-8-18-38)54-53(55-52(35)39-27-25-37(26-28-39)36-15-5-2-6-16-36)40-29-31-49-45(33-40)46-34-42(30-32-50(46)56(49)41-19-9-4-10-20-41)57-47-23-13-11-21-43(47)44-22-12-14-24-48(44)57/h2-34H,1H3. The van der Waals surface area contributed by atoms with Crippen molar-refractivity contribution in [2.45, 2.75) is 6.92 Å². The van der Waals surface area contributed by atoms with Gasteiger partial charge in [-0.2, -0.15) is 0 Å². The summed E-state index contributed by atoms with van der Waals surface area (Å²) < 4.78 is 4.76. The number of benzene rings is 8. The van der Waals surface area contributed by atoms with Gasteiger partial charge in [-0.1, -0.05) is 140 Å². The summed E-state index contributed by atoms with van der Waals surface area (Å²) in [6.07, 6.45) is 0. The predicted octanol–water partition coefficient (Wildman–Crippen LogP) is 13.6. The lowest BCUT2D eigenvalue weighted by Gasteiger charge is -2.14. The molecular weight excluding hydrogens is 693 g/mol. The molecule has 11 rings (SSSR count). The Kier molecular flexibility index (Phi) is 7.68. The van der Waals surface area contributed by atoms with Crippen LogP contribution < -0.4 is 0 Å². The van der Waals surface area contributed by atoms with Crippen molar-refractivity contribution in [2.24, 2.45) is 0 Å². The molecule has 0 unspecified atom stereocenters. The van der Waals surface area contributed by atoms with Crippen molar-refractivity contribution < 1.29 is 0 Å². The normalized spacial score (nSPS) is 11.6. The molecule has 0 atom stereocenters. The molecular formula is C53H36N4. The first-order chi connectivity index (χ1) is 28.2. The molecule has 0 amide bonds. The Morgan fingerprint density at radius 3 is 1.37 bits per heavy atom. The number of aromatic nitrogens is 4. The summed E-state index contributed by atoms with van der Waals surface area (Å²) in [4.78, 5) is 10.7. The Morgan fingerprint density at radius 2 is 0.737 bits per heavy atom. The van der Waals surface area contributed by atoms with E-state index in [-0.39, 0.29) is 0 Å². The number of rotatable bonds is 6. The van der Waals surface area contributed by atoms with Gasteiger partial charge in [0, 0.05) is 55.2 Å². The van der Waals surface area contributed by atoms with E-state index in [1.165, 1.54) is 38.3 Å². The smallest absolute Gasteiger partial charge is 0.160 e. The molecule has 57 heavy (non-hydrogen) atoms. The molecule has 0 saturated carbocycles. The first-order valence-corrected chi connectivity index (χ1v) is 19.4. The van der Waals surface area contributed by atoms with E-state index in [9.17, 15) is 0 Å². The molecule has 4 heteroatoms. The van der Waals surface area contributed by atoms with Gasteiger partial charge in [-0.05, 0) is 78.7 Å². The molecule has 0 aliphatic carbocycles. The van der Waals surface area contributed by atoms with Gasteiger partial charge < -0.3 is 9.13 Å². The molecule has 8 aromatic carbocycles. The zero-order valence-electron chi connectivity index (χ0n) is 31.3. The fourth-order valence-corrected chi connectivity index (χ4v) is 8.60. The Balaban J connectivity index is 1.13. The molecule has 0 saturated heterocycles. The summed E-state index contributed by atoms with van der Waals surface area (Å²) >= 11 is 0. The van der Waals surface area contributed by atoms with Gasteiger partial charge in [0.05, 0.1) is 33.5 Å².